The number of hydrogen-bond donors (Lipinski definition) is 1. The molecule has 20 heavy (non-hydrogen) atoms. The van der Waals surface area contributed by atoms with E-state index in [0.29, 0.717) is 18.1 Å². The Morgan fingerprint density at radius 1 is 1.10 bits per heavy atom. The molecule has 0 saturated heterocycles. The van der Waals surface area contributed by atoms with Gasteiger partial charge in [0.25, 0.3) is 0 Å². The minimum absolute atomic E-state index is 0.0108. The largest absolute Gasteiger partial charge is 0.393 e. The molecule has 3 atom stereocenters. The molecule has 3 rings (SSSR count). The van der Waals surface area contributed by atoms with E-state index in [9.17, 15) is 13.2 Å². The van der Waals surface area contributed by atoms with Crippen LogP contribution in [0.25, 0.3) is 0 Å². The van der Waals surface area contributed by atoms with Crippen LogP contribution in [-0.2, 0) is 13.0 Å². The van der Waals surface area contributed by atoms with E-state index in [4.69, 9.17) is 5.73 Å². The molecule has 1 aliphatic heterocycles. The number of nitrogens with zero attached hydrogens (tertiary/aromatic N) is 3. The van der Waals surface area contributed by atoms with Crippen molar-refractivity contribution in [1.82, 2.24) is 14.8 Å². The molecule has 4 nitrogen and oxygen atoms in total. The molecule has 3 unspecified atom stereocenters. The van der Waals surface area contributed by atoms with Crippen LogP contribution in [0.4, 0.5) is 13.2 Å². The van der Waals surface area contributed by atoms with E-state index < -0.39 is 12.1 Å². The Kier molecular flexibility index (Phi) is 3.48. The normalized spacial score (nSPS) is 31.1. The smallest absolute Gasteiger partial charge is 0.327 e. The molecule has 1 aliphatic carbocycles. The zero-order chi connectivity index (χ0) is 14.3. The van der Waals surface area contributed by atoms with Crippen molar-refractivity contribution in [3.8, 4) is 0 Å². The van der Waals surface area contributed by atoms with Gasteiger partial charge in [-0.15, -0.1) is 10.2 Å². The van der Waals surface area contributed by atoms with Crippen molar-refractivity contribution in [2.24, 2.45) is 11.7 Å². The summed E-state index contributed by atoms with van der Waals surface area (Å²) >= 11 is 0. The van der Waals surface area contributed by atoms with E-state index in [1.54, 1.807) is 4.57 Å². The number of fused-ring (bicyclic) bond motifs is 1. The van der Waals surface area contributed by atoms with E-state index in [2.05, 4.69) is 10.2 Å². The molecular weight excluding hydrogens is 269 g/mol. The average Bonchev–Trinajstić information content (AvgIpc) is 2.81. The van der Waals surface area contributed by atoms with Crippen LogP contribution in [0.15, 0.2) is 0 Å². The molecule has 0 spiro atoms. The standard InChI is InChI=1S/C13H19F3N4/c14-13(15,16)8-5-6-11-18-19-12(20(11)7-8)9-3-1-2-4-10(9)17/h8-10H,1-7,17H2. The summed E-state index contributed by atoms with van der Waals surface area (Å²) in [5.74, 6) is 0.112. The first-order valence-corrected chi connectivity index (χ1v) is 7.21. The molecular formula is C13H19F3N4. The summed E-state index contributed by atoms with van der Waals surface area (Å²) < 4.78 is 40.4. The monoisotopic (exact) mass is 288 g/mol. The van der Waals surface area contributed by atoms with Gasteiger partial charge in [-0.25, -0.2) is 0 Å². The zero-order valence-electron chi connectivity index (χ0n) is 11.2. The number of rotatable bonds is 1. The minimum atomic E-state index is -4.14. The van der Waals surface area contributed by atoms with Crippen molar-refractivity contribution in [2.75, 3.05) is 0 Å². The molecule has 0 aromatic carbocycles. The topological polar surface area (TPSA) is 56.7 Å². The number of aryl methyl sites for hydroxylation is 1. The van der Waals surface area contributed by atoms with Gasteiger partial charge in [0.2, 0.25) is 0 Å². The first-order valence-electron chi connectivity index (χ1n) is 7.21. The first kappa shape index (κ1) is 13.9. The van der Waals surface area contributed by atoms with Crippen LogP contribution < -0.4 is 5.73 Å². The van der Waals surface area contributed by atoms with Crippen LogP contribution >= 0.6 is 0 Å². The van der Waals surface area contributed by atoms with Crippen molar-refractivity contribution in [3.05, 3.63) is 11.6 Å². The summed E-state index contributed by atoms with van der Waals surface area (Å²) in [5.41, 5.74) is 6.12. The predicted molar refractivity (Wildman–Crippen MR) is 67.1 cm³/mol. The molecule has 0 amide bonds. The van der Waals surface area contributed by atoms with E-state index >= 15 is 0 Å². The maximum Gasteiger partial charge on any atom is 0.393 e. The highest BCUT2D eigenvalue weighted by Crippen LogP contribution is 2.37. The summed E-state index contributed by atoms with van der Waals surface area (Å²) in [6, 6.07) is -0.0108. The highest BCUT2D eigenvalue weighted by Gasteiger charge is 2.43. The van der Waals surface area contributed by atoms with Gasteiger partial charge in [0.15, 0.2) is 0 Å². The summed E-state index contributed by atoms with van der Waals surface area (Å²) in [6.45, 7) is -0.0512. The second-order valence-corrected chi connectivity index (χ2v) is 5.92. The van der Waals surface area contributed by atoms with Crippen LogP contribution in [0.2, 0.25) is 0 Å². The average molecular weight is 288 g/mol. The third-order valence-electron chi connectivity index (χ3n) is 4.59. The van der Waals surface area contributed by atoms with E-state index in [0.717, 1.165) is 25.7 Å². The maximum atomic E-state index is 12.9. The second kappa shape index (κ2) is 5.02. The Bertz CT molecular complexity index is 482. The molecule has 2 N–H and O–H groups in total. The van der Waals surface area contributed by atoms with Gasteiger partial charge in [-0.05, 0) is 19.3 Å². The molecule has 0 bridgehead atoms. The van der Waals surface area contributed by atoms with Gasteiger partial charge in [0, 0.05) is 24.9 Å². The fraction of sp³-hybridized carbons (Fsp3) is 0.846. The second-order valence-electron chi connectivity index (χ2n) is 5.92. The van der Waals surface area contributed by atoms with Gasteiger partial charge in [-0.3, -0.25) is 0 Å². The van der Waals surface area contributed by atoms with Crippen LogP contribution in [-0.4, -0.2) is 27.0 Å². The lowest BCUT2D eigenvalue weighted by molar-refractivity contribution is -0.182. The molecule has 1 fully saturated rings. The van der Waals surface area contributed by atoms with E-state index in [1.807, 2.05) is 0 Å². The molecule has 1 aromatic rings. The molecule has 2 heterocycles. The molecule has 1 aromatic heterocycles. The van der Waals surface area contributed by atoms with Crippen molar-refractivity contribution in [3.63, 3.8) is 0 Å². The van der Waals surface area contributed by atoms with Gasteiger partial charge in [0.05, 0.1) is 5.92 Å². The lowest BCUT2D eigenvalue weighted by atomic mass is 9.84. The Balaban J connectivity index is 1.87. The van der Waals surface area contributed by atoms with Crippen molar-refractivity contribution in [2.45, 2.75) is 63.2 Å². The lowest BCUT2D eigenvalue weighted by Crippen LogP contribution is -2.36. The number of nitrogens with two attached hydrogens (primary N) is 1. The van der Waals surface area contributed by atoms with Crippen LogP contribution in [0.3, 0.4) is 0 Å². The van der Waals surface area contributed by atoms with Gasteiger partial charge < -0.3 is 10.3 Å². The predicted octanol–water partition coefficient (Wildman–Crippen LogP) is 2.39. The quantitative estimate of drug-likeness (QED) is 0.863. The van der Waals surface area contributed by atoms with Gasteiger partial charge in [0.1, 0.15) is 11.6 Å². The number of aromatic nitrogens is 3. The minimum Gasteiger partial charge on any atom is -0.327 e. The third kappa shape index (κ3) is 2.43. The third-order valence-corrected chi connectivity index (χ3v) is 4.59. The number of alkyl halides is 3. The van der Waals surface area contributed by atoms with E-state index in [1.165, 1.54) is 0 Å². The van der Waals surface area contributed by atoms with Crippen LogP contribution in [0.5, 0.6) is 0 Å². The van der Waals surface area contributed by atoms with Gasteiger partial charge in [-0.1, -0.05) is 12.8 Å². The summed E-state index contributed by atoms with van der Waals surface area (Å²) in [4.78, 5) is 0. The van der Waals surface area contributed by atoms with Crippen molar-refractivity contribution >= 4 is 0 Å². The fourth-order valence-corrected chi connectivity index (χ4v) is 3.37. The number of halogens is 3. The Morgan fingerprint density at radius 2 is 1.85 bits per heavy atom. The highest BCUT2D eigenvalue weighted by atomic mass is 19.4. The summed E-state index contributed by atoms with van der Waals surface area (Å²) in [6.07, 6.45) is 0.268. The Labute approximate surface area is 115 Å². The summed E-state index contributed by atoms with van der Waals surface area (Å²) in [5, 5.41) is 8.23. The fourth-order valence-electron chi connectivity index (χ4n) is 3.37. The van der Waals surface area contributed by atoms with Crippen LogP contribution in [0, 0.1) is 5.92 Å². The van der Waals surface area contributed by atoms with Gasteiger partial charge >= 0.3 is 6.18 Å². The molecule has 112 valence electrons. The lowest BCUT2D eigenvalue weighted by Gasteiger charge is -2.31. The maximum absolute atomic E-state index is 12.9. The zero-order valence-corrected chi connectivity index (χ0v) is 11.2. The van der Waals surface area contributed by atoms with E-state index in [-0.39, 0.29) is 24.9 Å². The SMILES string of the molecule is NC1CCCCC1c1nnc2n1CC(C(F)(F)F)CC2. The van der Waals surface area contributed by atoms with Crippen molar-refractivity contribution < 1.29 is 13.2 Å². The molecule has 7 heteroatoms. The van der Waals surface area contributed by atoms with Crippen LogP contribution in [0.1, 0.15) is 49.7 Å². The van der Waals surface area contributed by atoms with Gasteiger partial charge in [-0.2, -0.15) is 13.2 Å². The van der Waals surface area contributed by atoms with Crippen molar-refractivity contribution in [1.29, 1.82) is 0 Å². The Hall–Kier alpha value is -1.11. The Morgan fingerprint density at radius 3 is 2.55 bits per heavy atom. The highest BCUT2D eigenvalue weighted by molar-refractivity contribution is 5.09. The molecule has 0 radical (unpaired) electrons. The number of hydrogen-bond acceptors (Lipinski definition) is 3. The molecule has 2 aliphatic rings. The molecule has 1 saturated carbocycles. The first-order chi connectivity index (χ1) is 9.47. The summed E-state index contributed by atoms with van der Waals surface area (Å²) in [7, 11) is 0.